The number of carbonyl (C=O) groups is 2. The first kappa shape index (κ1) is 19.3. The zero-order valence-corrected chi connectivity index (χ0v) is 15.7. The van der Waals surface area contributed by atoms with Crippen molar-refractivity contribution in [3.8, 4) is 0 Å². The van der Waals surface area contributed by atoms with E-state index < -0.39 is 10.9 Å². The number of aromatic carboxylic acids is 1. The highest BCUT2D eigenvalue weighted by Gasteiger charge is 2.26. The molecule has 9 heteroatoms. The number of aryl methyl sites for hydroxylation is 1. The molecule has 2 aromatic rings. The third kappa shape index (κ3) is 3.94. The fourth-order valence-electron chi connectivity index (χ4n) is 2.56. The molecule has 2 N–H and O–H groups in total. The van der Waals surface area contributed by atoms with Gasteiger partial charge in [0.1, 0.15) is 0 Å². The number of nitro groups is 1. The Morgan fingerprint density at radius 2 is 1.82 bits per heavy atom. The average molecular weight is 397 g/mol. The highest BCUT2D eigenvalue weighted by Crippen LogP contribution is 2.34. The topological polar surface area (TPSA) is 122 Å². The molecule has 142 valence electrons. The minimum absolute atomic E-state index is 0.0267. The quantitative estimate of drug-likeness (QED) is 0.459. The number of amides is 1. The van der Waals surface area contributed by atoms with Crippen LogP contribution in [0.5, 0.6) is 0 Å². The highest BCUT2D eigenvalue weighted by molar-refractivity contribution is 8.18. The minimum atomic E-state index is -1.06. The molecule has 0 spiro atoms. The lowest BCUT2D eigenvalue weighted by molar-refractivity contribution is -0.384. The fourth-order valence-corrected chi connectivity index (χ4v) is 3.45. The number of rotatable bonds is 4. The van der Waals surface area contributed by atoms with Gasteiger partial charge < -0.3 is 10.4 Å². The predicted molar refractivity (Wildman–Crippen MR) is 107 cm³/mol. The van der Waals surface area contributed by atoms with Crippen LogP contribution in [0, 0.1) is 17.0 Å². The molecule has 8 nitrogen and oxygen atoms in total. The highest BCUT2D eigenvalue weighted by atomic mass is 32.2. The molecule has 1 fully saturated rings. The van der Waals surface area contributed by atoms with Gasteiger partial charge in [0.2, 0.25) is 0 Å². The van der Waals surface area contributed by atoms with E-state index >= 15 is 0 Å². The molecule has 1 heterocycles. The summed E-state index contributed by atoms with van der Waals surface area (Å²) in [7, 11) is 0. The van der Waals surface area contributed by atoms with E-state index in [2.05, 4.69) is 10.3 Å². The van der Waals surface area contributed by atoms with E-state index in [9.17, 15) is 19.7 Å². The van der Waals surface area contributed by atoms with Crippen molar-refractivity contribution in [1.82, 2.24) is 5.32 Å². The molecule has 0 atom stereocenters. The first-order valence-corrected chi connectivity index (χ1v) is 8.95. The van der Waals surface area contributed by atoms with Crippen LogP contribution in [0.1, 0.15) is 28.4 Å². The van der Waals surface area contributed by atoms with Crippen LogP contribution >= 0.6 is 11.8 Å². The number of carboxylic acids is 1. The Kier molecular flexibility index (Phi) is 5.27. The van der Waals surface area contributed by atoms with Gasteiger partial charge in [0.25, 0.3) is 11.6 Å². The van der Waals surface area contributed by atoms with Gasteiger partial charge in [-0.25, -0.2) is 9.79 Å². The van der Waals surface area contributed by atoms with Gasteiger partial charge >= 0.3 is 5.97 Å². The summed E-state index contributed by atoms with van der Waals surface area (Å²) < 4.78 is 0. The predicted octanol–water partition coefficient (Wildman–Crippen LogP) is 3.88. The monoisotopic (exact) mass is 397 g/mol. The van der Waals surface area contributed by atoms with Crippen LogP contribution in [-0.2, 0) is 4.79 Å². The lowest BCUT2D eigenvalue weighted by atomic mass is 10.1. The molecule has 0 aromatic heterocycles. The number of carbonyl (C=O) groups excluding carboxylic acids is 1. The summed E-state index contributed by atoms with van der Waals surface area (Å²) >= 11 is 1.14. The lowest BCUT2D eigenvalue weighted by Gasteiger charge is -2.04. The Morgan fingerprint density at radius 3 is 2.43 bits per heavy atom. The number of allylic oxidation sites excluding steroid dienone is 1. The normalized spacial score (nSPS) is 16.8. The number of nitro benzene ring substituents is 1. The number of hydrogen-bond donors (Lipinski definition) is 2. The van der Waals surface area contributed by atoms with Crippen molar-refractivity contribution in [2.45, 2.75) is 13.8 Å². The summed E-state index contributed by atoms with van der Waals surface area (Å²) in [5, 5.41) is 22.9. The van der Waals surface area contributed by atoms with Crippen molar-refractivity contribution in [1.29, 1.82) is 0 Å². The van der Waals surface area contributed by atoms with Gasteiger partial charge in [0, 0.05) is 12.1 Å². The number of nitrogens with zero attached hydrogens (tertiary/aromatic N) is 2. The number of hydrogen-bond acceptors (Lipinski definition) is 6. The number of non-ortho nitro benzene ring substituents is 1. The molecule has 0 aliphatic carbocycles. The van der Waals surface area contributed by atoms with Gasteiger partial charge in [-0.3, -0.25) is 14.9 Å². The molecule has 0 bridgehead atoms. The van der Waals surface area contributed by atoms with E-state index in [1.54, 1.807) is 32.0 Å². The van der Waals surface area contributed by atoms with Crippen LogP contribution in [0.25, 0.3) is 5.57 Å². The number of thioether (sulfide) groups is 1. The average Bonchev–Trinajstić information content (AvgIpc) is 3.03. The van der Waals surface area contributed by atoms with Gasteiger partial charge in [-0.2, -0.15) is 0 Å². The Hall–Kier alpha value is -3.46. The summed E-state index contributed by atoms with van der Waals surface area (Å²) in [6, 6.07) is 10.5. The summed E-state index contributed by atoms with van der Waals surface area (Å²) in [6.45, 7) is 3.55. The molecular weight excluding hydrogens is 382 g/mol. The van der Waals surface area contributed by atoms with Gasteiger partial charge in [0.05, 0.1) is 21.1 Å². The third-order valence-electron chi connectivity index (χ3n) is 4.16. The maximum Gasteiger partial charge on any atom is 0.335 e. The molecule has 1 saturated heterocycles. The number of nitrogens with one attached hydrogen (secondary N) is 1. The molecule has 0 unspecified atom stereocenters. The van der Waals surface area contributed by atoms with Crippen LogP contribution in [0.3, 0.4) is 0 Å². The van der Waals surface area contributed by atoms with Gasteiger partial charge in [-0.15, -0.1) is 0 Å². The van der Waals surface area contributed by atoms with Crippen molar-refractivity contribution in [2.24, 2.45) is 4.99 Å². The van der Waals surface area contributed by atoms with Crippen LogP contribution in [0.15, 0.2) is 52.4 Å². The van der Waals surface area contributed by atoms with Crippen molar-refractivity contribution in [2.75, 3.05) is 0 Å². The van der Waals surface area contributed by atoms with E-state index in [-0.39, 0.29) is 17.2 Å². The van der Waals surface area contributed by atoms with Crippen LogP contribution < -0.4 is 5.32 Å². The second kappa shape index (κ2) is 7.65. The summed E-state index contributed by atoms with van der Waals surface area (Å²) in [5.41, 5.74) is 2.67. The Morgan fingerprint density at radius 1 is 1.18 bits per heavy atom. The van der Waals surface area contributed by atoms with Gasteiger partial charge in [-0.05, 0) is 66.6 Å². The van der Waals surface area contributed by atoms with Crippen LogP contribution in [0.4, 0.5) is 11.4 Å². The van der Waals surface area contributed by atoms with E-state index in [1.807, 2.05) is 0 Å². The van der Waals surface area contributed by atoms with Crippen LogP contribution in [-0.4, -0.2) is 27.1 Å². The SMILES string of the molecule is C/C(=C1/SC(=Nc2cc(C(=O)O)ccc2C)NC1=O)c1ccc([N+](=O)[O-])cc1. The molecule has 28 heavy (non-hydrogen) atoms. The largest absolute Gasteiger partial charge is 0.478 e. The molecule has 1 aliphatic heterocycles. The minimum Gasteiger partial charge on any atom is -0.478 e. The number of amidine groups is 1. The molecular formula is C19H15N3O5S. The smallest absolute Gasteiger partial charge is 0.335 e. The molecule has 0 saturated carbocycles. The number of carboxylic acid groups (broad SMARTS) is 1. The fraction of sp³-hybridized carbons (Fsp3) is 0.105. The lowest BCUT2D eigenvalue weighted by Crippen LogP contribution is -2.19. The third-order valence-corrected chi connectivity index (χ3v) is 5.24. The van der Waals surface area contributed by atoms with Crippen molar-refractivity contribution < 1.29 is 19.6 Å². The van der Waals surface area contributed by atoms with E-state index in [0.29, 0.717) is 26.9 Å². The summed E-state index contributed by atoms with van der Waals surface area (Å²) in [5.74, 6) is -1.38. The summed E-state index contributed by atoms with van der Waals surface area (Å²) in [6.07, 6.45) is 0. The standard InChI is InChI=1S/C19H15N3O5S/c1-10-3-4-13(18(24)25)9-15(10)20-19-21-17(23)16(28-19)11(2)12-5-7-14(8-6-12)22(26)27/h3-9H,1-2H3,(H,24,25)(H,20,21,23)/b16-11-. The van der Waals surface area contributed by atoms with Gasteiger partial charge in [-0.1, -0.05) is 6.07 Å². The zero-order valence-electron chi connectivity index (χ0n) is 14.9. The number of benzene rings is 2. The van der Waals surface area contributed by atoms with E-state index in [0.717, 1.165) is 17.3 Å². The molecule has 1 aliphatic rings. The Labute approximate surface area is 164 Å². The first-order chi connectivity index (χ1) is 13.3. The van der Waals surface area contributed by atoms with E-state index in [1.165, 1.54) is 24.3 Å². The van der Waals surface area contributed by atoms with Crippen molar-refractivity contribution in [3.05, 3.63) is 74.2 Å². The maximum absolute atomic E-state index is 12.4. The second-order valence-electron chi connectivity index (χ2n) is 6.04. The molecule has 1 amide bonds. The Balaban J connectivity index is 1.91. The van der Waals surface area contributed by atoms with E-state index in [4.69, 9.17) is 5.11 Å². The van der Waals surface area contributed by atoms with Crippen molar-refractivity contribution >= 4 is 45.8 Å². The zero-order chi connectivity index (χ0) is 20.4. The Bertz CT molecular complexity index is 1060. The molecule has 0 radical (unpaired) electrons. The van der Waals surface area contributed by atoms with Gasteiger partial charge in [0.15, 0.2) is 5.17 Å². The maximum atomic E-state index is 12.4. The van der Waals surface area contributed by atoms with Crippen LogP contribution in [0.2, 0.25) is 0 Å². The first-order valence-electron chi connectivity index (χ1n) is 8.14. The summed E-state index contributed by atoms with van der Waals surface area (Å²) in [4.78, 5) is 38.6. The second-order valence-corrected chi connectivity index (χ2v) is 7.04. The molecule has 2 aromatic carbocycles. The van der Waals surface area contributed by atoms with Crippen molar-refractivity contribution in [3.63, 3.8) is 0 Å². The molecule has 3 rings (SSSR count). The number of aliphatic imine (C=N–C) groups is 1.